The van der Waals surface area contributed by atoms with Gasteiger partial charge in [0.05, 0.1) is 13.7 Å². The van der Waals surface area contributed by atoms with Gasteiger partial charge in [-0.25, -0.2) is 0 Å². The van der Waals surface area contributed by atoms with Crippen LogP contribution in [0.5, 0.6) is 11.5 Å². The molecule has 1 atom stereocenters. The molecular formula is C16H25NO2. The average molecular weight is 263 g/mol. The second-order valence-corrected chi connectivity index (χ2v) is 5.38. The van der Waals surface area contributed by atoms with Crippen LogP contribution in [0.2, 0.25) is 0 Å². The molecule has 1 aliphatic rings. The van der Waals surface area contributed by atoms with Crippen molar-refractivity contribution in [3.8, 4) is 11.5 Å². The van der Waals surface area contributed by atoms with E-state index in [4.69, 9.17) is 9.47 Å². The minimum absolute atomic E-state index is 0.507. The van der Waals surface area contributed by atoms with Gasteiger partial charge in [-0.1, -0.05) is 19.3 Å². The average Bonchev–Trinajstić information content (AvgIpc) is 2.36. The van der Waals surface area contributed by atoms with E-state index in [1.807, 2.05) is 19.1 Å². The molecular weight excluding hydrogens is 238 g/mol. The Morgan fingerprint density at radius 3 is 2.68 bits per heavy atom. The highest BCUT2D eigenvalue weighted by Crippen LogP contribution is 2.33. The Bertz CT molecular complexity index is 402. The molecule has 0 spiro atoms. The molecule has 0 aromatic heterocycles. The Morgan fingerprint density at radius 1 is 1.32 bits per heavy atom. The maximum Gasteiger partial charge on any atom is 0.162 e. The highest BCUT2D eigenvalue weighted by Gasteiger charge is 2.20. The second kappa shape index (κ2) is 6.69. The lowest BCUT2D eigenvalue weighted by molar-refractivity contribution is 0.285. The first-order chi connectivity index (χ1) is 9.22. The summed E-state index contributed by atoms with van der Waals surface area (Å²) in [7, 11) is 1.68. The van der Waals surface area contributed by atoms with Crippen molar-refractivity contribution in [2.45, 2.75) is 45.6 Å². The summed E-state index contributed by atoms with van der Waals surface area (Å²) in [6.45, 7) is 4.88. The maximum absolute atomic E-state index is 5.53. The molecule has 1 unspecified atom stereocenters. The van der Waals surface area contributed by atoms with Crippen LogP contribution in [-0.4, -0.2) is 19.8 Å². The minimum Gasteiger partial charge on any atom is -0.493 e. The van der Waals surface area contributed by atoms with Crippen molar-refractivity contribution in [3.05, 3.63) is 18.2 Å². The van der Waals surface area contributed by atoms with Gasteiger partial charge in [-0.3, -0.25) is 0 Å². The molecule has 3 heteroatoms. The number of hydrogen-bond donors (Lipinski definition) is 1. The summed E-state index contributed by atoms with van der Waals surface area (Å²) >= 11 is 0. The smallest absolute Gasteiger partial charge is 0.162 e. The summed E-state index contributed by atoms with van der Waals surface area (Å²) in [5.74, 6) is 2.52. The highest BCUT2D eigenvalue weighted by atomic mass is 16.5. The van der Waals surface area contributed by atoms with Crippen LogP contribution in [0.25, 0.3) is 0 Å². The van der Waals surface area contributed by atoms with E-state index in [-0.39, 0.29) is 0 Å². The zero-order valence-corrected chi connectivity index (χ0v) is 12.2. The number of anilines is 1. The van der Waals surface area contributed by atoms with E-state index in [9.17, 15) is 0 Å². The summed E-state index contributed by atoms with van der Waals surface area (Å²) in [4.78, 5) is 0. The van der Waals surface area contributed by atoms with E-state index in [1.54, 1.807) is 7.11 Å². The van der Waals surface area contributed by atoms with Gasteiger partial charge < -0.3 is 14.8 Å². The van der Waals surface area contributed by atoms with Gasteiger partial charge in [0.15, 0.2) is 11.5 Å². The number of benzene rings is 1. The Hall–Kier alpha value is -1.38. The van der Waals surface area contributed by atoms with E-state index >= 15 is 0 Å². The van der Waals surface area contributed by atoms with Gasteiger partial charge in [0.2, 0.25) is 0 Å². The molecule has 0 heterocycles. The van der Waals surface area contributed by atoms with Crippen molar-refractivity contribution in [1.82, 2.24) is 0 Å². The standard InChI is InChI=1S/C16H25NO2/c1-4-19-15-9-8-14(11-16(15)18-3)17-12(2)10-13-6-5-7-13/h8-9,11-13,17H,4-7,10H2,1-3H3. The van der Waals surface area contributed by atoms with Crippen molar-refractivity contribution in [2.75, 3.05) is 19.0 Å². The molecule has 106 valence electrons. The molecule has 1 aromatic rings. The molecule has 1 aromatic carbocycles. The van der Waals surface area contributed by atoms with Crippen molar-refractivity contribution < 1.29 is 9.47 Å². The van der Waals surface area contributed by atoms with Crippen LogP contribution in [0.3, 0.4) is 0 Å². The number of rotatable bonds is 7. The van der Waals surface area contributed by atoms with Crippen LogP contribution in [0, 0.1) is 5.92 Å². The first kappa shape index (κ1) is 14.0. The van der Waals surface area contributed by atoms with Crippen LogP contribution in [0.4, 0.5) is 5.69 Å². The molecule has 0 radical (unpaired) electrons. The van der Waals surface area contributed by atoms with Gasteiger partial charge in [-0.15, -0.1) is 0 Å². The lowest BCUT2D eigenvalue weighted by Crippen LogP contribution is -2.23. The third kappa shape index (κ3) is 3.79. The SMILES string of the molecule is CCOc1ccc(NC(C)CC2CCC2)cc1OC. The fourth-order valence-electron chi connectivity index (χ4n) is 2.60. The van der Waals surface area contributed by atoms with Gasteiger partial charge in [-0.2, -0.15) is 0 Å². The van der Waals surface area contributed by atoms with Crippen LogP contribution < -0.4 is 14.8 Å². The number of ether oxygens (including phenoxy) is 2. The van der Waals surface area contributed by atoms with E-state index < -0.39 is 0 Å². The van der Waals surface area contributed by atoms with Crippen LogP contribution in [0.1, 0.15) is 39.5 Å². The lowest BCUT2D eigenvalue weighted by atomic mass is 9.81. The number of methoxy groups -OCH3 is 1. The molecule has 2 rings (SSSR count). The summed E-state index contributed by atoms with van der Waals surface area (Å²) in [5, 5.41) is 3.55. The van der Waals surface area contributed by atoms with Gasteiger partial charge in [0, 0.05) is 17.8 Å². The van der Waals surface area contributed by atoms with Gasteiger partial charge >= 0.3 is 0 Å². The molecule has 0 saturated heterocycles. The molecule has 0 amide bonds. The first-order valence-corrected chi connectivity index (χ1v) is 7.30. The fourth-order valence-corrected chi connectivity index (χ4v) is 2.60. The molecule has 3 nitrogen and oxygen atoms in total. The Labute approximate surface area is 116 Å². The van der Waals surface area contributed by atoms with Crippen molar-refractivity contribution >= 4 is 5.69 Å². The van der Waals surface area contributed by atoms with Crippen molar-refractivity contribution in [2.24, 2.45) is 5.92 Å². The Balaban J connectivity index is 1.95. The Morgan fingerprint density at radius 2 is 2.11 bits per heavy atom. The molecule has 1 N–H and O–H groups in total. The predicted molar refractivity (Wildman–Crippen MR) is 79.2 cm³/mol. The maximum atomic E-state index is 5.53. The van der Waals surface area contributed by atoms with Gasteiger partial charge in [-0.05, 0) is 38.3 Å². The van der Waals surface area contributed by atoms with Crippen molar-refractivity contribution in [1.29, 1.82) is 0 Å². The first-order valence-electron chi connectivity index (χ1n) is 7.30. The number of nitrogens with one attached hydrogen (secondary N) is 1. The monoisotopic (exact) mass is 263 g/mol. The summed E-state index contributed by atoms with van der Waals surface area (Å²) in [6, 6.07) is 6.56. The van der Waals surface area contributed by atoms with E-state index in [0.29, 0.717) is 12.6 Å². The van der Waals surface area contributed by atoms with Crippen molar-refractivity contribution in [3.63, 3.8) is 0 Å². The molecule has 1 saturated carbocycles. The summed E-state index contributed by atoms with van der Waals surface area (Å²) < 4.78 is 10.9. The third-order valence-electron chi connectivity index (χ3n) is 3.79. The predicted octanol–water partition coefficient (Wildman–Crippen LogP) is 4.08. The Kier molecular flexibility index (Phi) is 4.94. The lowest BCUT2D eigenvalue weighted by Gasteiger charge is -2.29. The molecule has 1 aliphatic carbocycles. The van der Waals surface area contributed by atoms with Gasteiger partial charge in [0.25, 0.3) is 0 Å². The highest BCUT2D eigenvalue weighted by molar-refractivity contribution is 5.55. The van der Waals surface area contributed by atoms with Gasteiger partial charge in [0.1, 0.15) is 0 Å². The summed E-state index contributed by atoms with van der Waals surface area (Å²) in [5.41, 5.74) is 1.10. The second-order valence-electron chi connectivity index (χ2n) is 5.38. The normalized spacial score (nSPS) is 16.6. The number of hydrogen-bond acceptors (Lipinski definition) is 3. The minimum atomic E-state index is 0.507. The van der Waals surface area contributed by atoms with Crippen LogP contribution in [-0.2, 0) is 0 Å². The van der Waals surface area contributed by atoms with E-state index in [1.165, 1.54) is 25.7 Å². The van der Waals surface area contributed by atoms with E-state index in [0.717, 1.165) is 23.1 Å². The summed E-state index contributed by atoms with van der Waals surface area (Å²) in [6.07, 6.45) is 5.47. The van der Waals surface area contributed by atoms with Crippen LogP contribution >= 0.6 is 0 Å². The topological polar surface area (TPSA) is 30.5 Å². The molecule has 0 aliphatic heterocycles. The van der Waals surface area contributed by atoms with E-state index in [2.05, 4.69) is 18.3 Å². The molecule has 19 heavy (non-hydrogen) atoms. The zero-order chi connectivity index (χ0) is 13.7. The third-order valence-corrected chi connectivity index (χ3v) is 3.79. The fraction of sp³-hybridized carbons (Fsp3) is 0.625. The van der Waals surface area contributed by atoms with Crippen LogP contribution in [0.15, 0.2) is 18.2 Å². The molecule has 1 fully saturated rings. The molecule has 0 bridgehead atoms. The quantitative estimate of drug-likeness (QED) is 0.804. The zero-order valence-electron chi connectivity index (χ0n) is 12.2. The largest absolute Gasteiger partial charge is 0.493 e.